The van der Waals surface area contributed by atoms with Crippen molar-refractivity contribution in [3.05, 3.63) is 111 Å². The van der Waals surface area contributed by atoms with Crippen molar-refractivity contribution in [3.63, 3.8) is 0 Å². The van der Waals surface area contributed by atoms with Gasteiger partial charge in [0.15, 0.2) is 0 Å². The highest BCUT2D eigenvalue weighted by Crippen LogP contribution is 2.22. The number of amides is 2. The summed E-state index contributed by atoms with van der Waals surface area (Å²) in [6, 6.07) is 21.8. The third kappa shape index (κ3) is 5.48. The SMILES string of the molecule is Cc1nn(-c2ccccc2)c(Cl)c1/C=N/NC(=O)/C(=C\c1cccs1)NC(=O)c1ccccc1. The number of hydrogen-bond acceptors (Lipinski definition) is 5. The monoisotopic (exact) mass is 489 g/mol. The van der Waals surface area contributed by atoms with Crippen LogP contribution in [0.15, 0.2) is 89.0 Å². The second kappa shape index (κ2) is 10.7. The van der Waals surface area contributed by atoms with E-state index in [1.54, 1.807) is 41.9 Å². The van der Waals surface area contributed by atoms with Crippen LogP contribution in [0.1, 0.15) is 26.5 Å². The number of aromatic nitrogens is 2. The van der Waals surface area contributed by atoms with E-state index in [1.807, 2.05) is 53.9 Å². The Labute approximate surface area is 205 Å². The van der Waals surface area contributed by atoms with E-state index in [0.29, 0.717) is 22.0 Å². The van der Waals surface area contributed by atoms with Crippen molar-refractivity contribution in [2.45, 2.75) is 6.92 Å². The molecule has 7 nitrogen and oxygen atoms in total. The summed E-state index contributed by atoms with van der Waals surface area (Å²) in [7, 11) is 0. The van der Waals surface area contributed by atoms with Crippen LogP contribution in [0, 0.1) is 6.92 Å². The number of nitrogens with zero attached hydrogens (tertiary/aromatic N) is 3. The average Bonchev–Trinajstić information content (AvgIpc) is 3.47. The molecule has 2 N–H and O–H groups in total. The maximum Gasteiger partial charge on any atom is 0.287 e. The van der Waals surface area contributed by atoms with Crippen LogP contribution >= 0.6 is 22.9 Å². The van der Waals surface area contributed by atoms with Crippen LogP contribution in [-0.4, -0.2) is 27.8 Å². The van der Waals surface area contributed by atoms with E-state index in [-0.39, 0.29) is 5.70 Å². The number of benzene rings is 2. The highest BCUT2D eigenvalue weighted by atomic mass is 35.5. The maximum absolute atomic E-state index is 12.9. The van der Waals surface area contributed by atoms with Gasteiger partial charge in [0.05, 0.1) is 23.2 Å². The third-order valence-electron chi connectivity index (χ3n) is 4.77. The van der Waals surface area contributed by atoms with Crippen LogP contribution in [0.25, 0.3) is 11.8 Å². The Hall–Kier alpha value is -4.01. The Bertz CT molecular complexity index is 1350. The lowest BCUT2D eigenvalue weighted by Gasteiger charge is -2.08. The van der Waals surface area contributed by atoms with Gasteiger partial charge in [-0.15, -0.1) is 11.3 Å². The molecule has 34 heavy (non-hydrogen) atoms. The fourth-order valence-corrected chi connectivity index (χ4v) is 4.05. The van der Waals surface area contributed by atoms with Gasteiger partial charge in [-0.3, -0.25) is 9.59 Å². The first-order valence-corrected chi connectivity index (χ1v) is 11.5. The van der Waals surface area contributed by atoms with Crippen molar-refractivity contribution in [2.75, 3.05) is 0 Å². The largest absolute Gasteiger partial charge is 0.317 e. The molecule has 0 unspecified atom stereocenters. The van der Waals surface area contributed by atoms with Gasteiger partial charge >= 0.3 is 0 Å². The summed E-state index contributed by atoms with van der Waals surface area (Å²) in [6.07, 6.45) is 3.03. The Balaban J connectivity index is 1.52. The first-order chi connectivity index (χ1) is 16.5. The summed E-state index contributed by atoms with van der Waals surface area (Å²) in [5.41, 5.74) is 5.00. The van der Waals surface area contributed by atoms with Crippen molar-refractivity contribution < 1.29 is 9.59 Å². The molecule has 9 heteroatoms. The Morgan fingerprint density at radius 3 is 2.41 bits per heavy atom. The minimum atomic E-state index is -0.571. The predicted octanol–water partition coefficient (Wildman–Crippen LogP) is 4.82. The topological polar surface area (TPSA) is 88.4 Å². The van der Waals surface area contributed by atoms with Crippen LogP contribution in [0.2, 0.25) is 5.15 Å². The van der Waals surface area contributed by atoms with Gasteiger partial charge in [-0.05, 0) is 48.7 Å². The number of carbonyl (C=O) groups is 2. The first-order valence-electron chi connectivity index (χ1n) is 10.3. The van der Waals surface area contributed by atoms with Crippen LogP contribution in [0.3, 0.4) is 0 Å². The number of hydrazone groups is 1. The quantitative estimate of drug-likeness (QED) is 0.222. The van der Waals surface area contributed by atoms with Crippen LogP contribution in [0.5, 0.6) is 0 Å². The van der Waals surface area contributed by atoms with E-state index in [2.05, 4.69) is 20.9 Å². The molecular formula is C25H20ClN5O2S. The van der Waals surface area contributed by atoms with Gasteiger partial charge in [-0.1, -0.05) is 54.1 Å². The minimum absolute atomic E-state index is 0.0660. The van der Waals surface area contributed by atoms with E-state index in [4.69, 9.17) is 11.6 Å². The molecule has 0 saturated carbocycles. The van der Waals surface area contributed by atoms with Gasteiger partial charge in [0.2, 0.25) is 0 Å². The molecule has 170 valence electrons. The summed E-state index contributed by atoms with van der Waals surface area (Å²) < 4.78 is 1.60. The molecule has 0 spiro atoms. The average molecular weight is 490 g/mol. The smallest absolute Gasteiger partial charge is 0.287 e. The lowest BCUT2D eigenvalue weighted by atomic mass is 10.2. The second-order valence-corrected chi connectivity index (χ2v) is 8.47. The standard InChI is InChI=1S/C25H20ClN5O2S/c1-17-21(23(26)31(30-17)19-11-6-3-7-12-19)16-27-29-25(33)22(15-20-13-8-14-34-20)28-24(32)18-9-4-2-5-10-18/h2-16H,1H3,(H,28,32)(H,29,33)/b22-15+,27-16+. The zero-order valence-corrected chi connectivity index (χ0v) is 19.7. The molecule has 0 radical (unpaired) electrons. The number of aryl methyl sites for hydroxylation is 1. The lowest BCUT2D eigenvalue weighted by Crippen LogP contribution is -2.32. The summed E-state index contributed by atoms with van der Waals surface area (Å²) >= 11 is 7.95. The van der Waals surface area contributed by atoms with Crippen LogP contribution < -0.4 is 10.7 Å². The molecular weight excluding hydrogens is 470 g/mol. The number of thiophene rings is 1. The van der Waals surface area contributed by atoms with E-state index >= 15 is 0 Å². The molecule has 0 aliphatic heterocycles. The second-order valence-electron chi connectivity index (χ2n) is 7.13. The number of nitrogens with one attached hydrogen (secondary N) is 2. The zero-order valence-electron chi connectivity index (χ0n) is 18.1. The van der Waals surface area contributed by atoms with Gasteiger partial charge in [-0.2, -0.15) is 10.2 Å². The highest BCUT2D eigenvalue weighted by molar-refractivity contribution is 7.10. The van der Waals surface area contributed by atoms with Gasteiger partial charge in [0.1, 0.15) is 10.9 Å². The number of para-hydroxylation sites is 1. The lowest BCUT2D eigenvalue weighted by molar-refractivity contribution is -0.117. The molecule has 0 bridgehead atoms. The normalized spacial score (nSPS) is 11.5. The molecule has 2 aromatic carbocycles. The number of halogens is 1. The summed E-state index contributed by atoms with van der Waals surface area (Å²) in [6.45, 7) is 1.80. The third-order valence-corrected chi connectivity index (χ3v) is 5.95. The number of hydrogen-bond donors (Lipinski definition) is 2. The van der Waals surface area contributed by atoms with Crippen molar-refractivity contribution in [3.8, 4) is 5.69 Å². The molecule has 4 aromatic rings. The molecule has 0 atom stereocenters. The summed E-state index contributed by atoms with van der Waals surface area (Å²) in [5.74, 6) is -0.969. The Kier molecular flexibility index (Phi) is 7.31. The van der Waals surface area contributed by atoms with Crippen LogP contribution in [0.4, 0.5) is 0 Å². The number of carbonyl (C=O) groups excluding carboxylic acids is 2. The van der Waals surface area contributed by atoms with E-state index in [9.17, 15) is 9.59 Å². The molecule has 0 fully saturated rings. The van der Waals surface area contributed by atoms with Crippen molar-refractivity contribution in [2.24, 2.45) is 5.10 Å². The molecule has 0 saturated heterocycles. The highest BCUT2D eigenvalue weighted by Gasteiger charge is 2.16. The maximum atomic E-state index is 12.9. The first kappa shape index (κ1) is 23.2. The fraction of sp³-hybridized carbons (Fsp3) is 0.0400. The summed E-state index contributed by atoms with van der Waals surface area (Å²) in [4.78, 5) is 26.3. The molecule has 0 aliphatic rings. The van der Waals surface area contributed by atoms with Crippen molar-refractivity contribution in [1.82, 2.24) is 20.5 Å². The van der Waals surface area contributed by atoms with Gasteiger partial charge in [0.25, 0.3) is 11.8 Å². The fourth-order valence-electron chi connectivity index (χ4n) is 3.07. The predicted molar refractivity (Wildman–Crippen MR) is 135 cm³/mol. The zero-order chi connectivity index (χ0) is 23.9. The Morgan fingerprint density at radius 2 is 1.74 bits per heavy atom. The number of rotatable bonds is 7. The molecule has 2 heterocycles. The minimum Gasteiger partial charge on any atom is -0.317 e. The molecule has 2 aromatic heterocycles. The van der Waals surface area contributed by atoms with Gasteiger partial charge in [0, 0.05) is 10.4 Å². The van der Waals surface area contributed by atoms with Gasteiger partial charge < -0.3 is 5.32 Å². The summed E-state index contributed by atoms with van der Waals surface area (Å²) in [5, 5.41) is 13.4. The van der Waals surface area contributed by atoms with Crippen molar-refractivity contribution >= 4 is 47.0 Å². The molecule has 2 amide bonds. The molecule has 0 aliphatic carbocycles. The Morgan fingerprint density at radius 1 is 1.03 bits per heavy atom. The molecule has 4 rings (SSSR count). The van der Waals surface area contributed by atoms with E-state index < -0.39 is 11.8 Å². The van der Waals surface area contributed by atoms with Crippen LogP contribution in [-0.2, 0) is 4.79 Å². The van der Waals surface area contributed by atoms with E-state index in [0.717, 1.165) is 10.6 Å². The van der Waals surface area contributed by atoms with Crippen molar-refractivity contribution in [1.29, 1.82) is 0 Å². The van der Waals surface area contributed by atoms with E-state index in [1.165, 1.54) is 17.6 Å². The van der Waals surface area contributed by atoms with Gasteiger partial charge in [-0.25, -0.2) is 10.1 Å².